The minimum absolute atomic E-state index is 0.223. The summed E-state index contributed by atoms with van der Waals surface area (Å²) in [5.74, 6) is 0. The van der Waals surface area contributed by atoms with E-state index in [1.165, 1.54) is 5.56 Å². The number of hydrogen-bond acceptors (Lipinski definition) is 3. The fourth-order valence-electron chi connectivity index (χ4n) is 1.52. The summed E-state index contributed by atoms with van der Waals surface area (Å²) in [6.45, 7) is 4.13. The van der Waals surface area contributed by atoms with E-state index in [0.29, 0.717) is 0 Å². The lowest BCUT2D eigenvalue weighted by atomic mass is 10.2. The zero-order valence-corrected chi connectivity index (χ0v) is 12.7. The maximum atomic E-state index is 5.93. The lowest BCUT2D eigenvalue weighted by Crippen LogP contribution is -2.06. The molecule has 2 aromatic heterocycles. The summed E-state index contributed by atoms with van der Waals surface area (Å²) in [7, 11) is 0. The fraction of sp³-hybridized carbons (Fsp3) is 0.250. The van der Waals surface area contributed by atoms with E-state index in [1.807, 2.05) is 19.2 Å². The molecule has 1 atom stereocenters. The summed E-state index contributed by atoms with van der Waals surface area (Å²) in [6, 6.07) is 4.28. The Morgan fingerprint density at radius 3 is 2.82 bits per heavy atom. The van der Waals surface area contributed by atoms with E-state index in [-0.39, 0.29) is 6.04 Å². The second-order valence-electron chi connectivity index (χ2n) is 3.88. The average Bonchev–Trinajstić information content (AvgIpc) is 2.70. The molecule has 0 aliphatic rings. The predicted octanol–water partition coefficient (Wildman–Crippen LogP) is 5.04. The lowest BCUT2D eigenvalue weighted by Gasteiger charge is -2.14. The van der Waals surface area contributed by atoms with Gasteiger partial charge >= 0.3 is 0 Å². The van der Waals surface area contributed by atoms with Crippen LogP contribution in [0.3, 0.4) is 0 Å². The van der Waals surface area contributed by atoms with Gasteiger partial charge in [0, 0.05) is 6.04 Å². The van der Waals surface area contributed by atoms with Gasteiger partial charge in [0.25, 0.3) is 0 Å². The monoisotopic (exact) mass is 330 g/mol. The molecule has 2 aromatic rings. The summed E-state index contributed by atoms with van der Waals surface area (Å²) in [6.07, 6.45) is 1.82. The molecule has 5 heteroatoms. The van der Waals surface area contributed by atoms with Gasteiger partial charge in [-0.25, -0.2) is 4.98 Å². The number of rotatable bonds is 3. The first-order chi connectivity index (χ1) is 8.06. The number of nitrogens with one attached hydrogen (secondary N) is 1. The van der Waals surface area contributed by atoms with Crippen LogP contribution in [0.25, 0.3) is 0 Å². The molecular weight excluding hydrogens is 320 g/mol. The standard InChI is InChI=1S/C12H12BrClN2S/c1-7-3-10(5-15-12(7)13)16-8(2)9-4-11(14)17-6-9/h3-6,8,16H,1-2H3. The van der Waals surface area contributed by atoms with E-state index < -0.39 is 0 Å². The van der Waals surface area contributed by atoms with Crippen molar-refractivity contribution in [3.8, 4) is 0 Å². The van der Waals surface area contributed by atoms with Crippen molar-refractivity contribution in [3.05, 3.63) is 43.8 Å². The topological polar surface area (TPSA) is 24.9 Å². The van der Waals surface area contributed by atoms with E-state index >= 15 is 0 Å². The molecule has 90 valence electrons. The fourth-order valence-corrected chi connectivity index (χ4v) is 2.72. The molecule has 0 aliphatic carbocycles. The molecule has 17 heavy (non-hydrogen) atoms. The van der Waals surface area contributed by atoms with Gasteiger partial charge in [-0.2, -0.15) is 0 Å². The summed E-state index contributed by atoms with van der Waals surface area (Å²) in [4.78, 5) is 4.26. The third-order valence-corrected chi connectivity index (χ3v) is 4.42. The normalized spacial score (nSPS) is 12.5. The van der Waals surface area contributed by atoms with E-state index in [4.69, 9.17) is 11.6 Å². The van der Waals surface area contributed by atoms with Crippen molar-refractivity contribution in [2.45, 2.75) is 19.9 Å². The van der Waals surface area contributed by atoms with Crippen LogP contribution < -0.4 is 5.32 Å². The van der Waals surface area contributed by atoms with Crippen molar-refractivity contribution in [2.24, 2.45) is 0 Å². The number of anilines is 1. The van der Waals surface area contributed by atoms with Gasteiger partial charge in [-0.05, 0) is 58.4 Å². The Bertz CT molecular complexity index is 527. The Kier molecular flexibility index (Phi) is 4.07. The van der Waals surface area contributed by atoms with Crippen LogP contribution in [0.5, 0.6) is 0 Å². The smallest absolute Gasteiger partial charge is 0.109 e. The van der Waals surface area contributed by atoms with Crippen LogP contribution in [0, 0.1) is 6.92 Å². The van der Waals surface area contributed by atoms with Crippen molar-refractivity contribution in [2.75, 3.05) is 5.32 Å². The molecular formula is C12H12BrClN2S. The Morgan fingerprint density at radius 1 is 1.47 bits per heavy atom. The second-order valence-corrected chi connectivity index (χ2v) is 6.18. The van der Waals surface area contributed by atoms with E-state index in [9.17, 15) is 0 Å². The zero-order chi connectivity index (χ0) is 12.4. The molecule has 0 bridgehead atoms. The van der Waals surface area contributed by atoms with Crippen molar-refractivity contribution in [1.29, 1.82) is 0 Å². The number of halogens is 2. The molecule has 0 saturated carbocycles. The highest BCUT2D eigenvalue weighted by atomic mass is 79.9. The van der Waals surface area contributed by atoms with Gasteiger partial charge in [0.15, 0.2) is 0 Å². The minimum atomic E-state index is 0.223. The van der Waals surface area contributed by atoms with Crippen LogP contribution in [0.2, 0.25) is 4.34 Å². The highest BCUT2D eigenvalue weighted by Gasteiger charge is 2.08. The van der Waals surface area contributed by atoms with Gasteiger partial charge in [0.05, 0.1) is 16.2 Å². The first-order valence-corrected chi connectivity index (χ1v) is 7.24. The number of nitrogens with zero attached hydrogens (tertiary/aromatic N) is 1. The van der Waals surface area contributed by atoms with Gasteiger partial charge in [0.1, 0.15) is 4.60 Å². The Hall–Kier alpha value is -0.580. The SMILES string of the molecule is Cc1cc(NC(C)c2csc(Cl)c2)cnc1Br. The Labute approximate surface area is 118 Å². The summed E-state index contributed by atoms with van der Waals surface area (Å²) >= 11 is 10.9. The highest BCUT2D eigenvalue weighted by Crippen LogP contribution is 2.27. The van der Waals surface area contributed by atoms with Gasteiger partial charge in [-0.15, -0.1) is 11.3 Å². The maximum Gasteiger partial charge on any atom is 0.109 e. The number of pyridine rings is 1. The molecule has 1 unspecified atom stereocenters. The van der Waals surface area contributed by atoms with E-state index in [2.05, 4.69) is 44.6 Å². The summed E-state index contributed by atoms with van der Waals surface area (Å²) in [5, 5.41) is 5.47. The average molecular weight is 332 g/mol. The van der Waals surface area contributed by atoms with Crippen LogP contribution in [-0.4, -0.2) is 4.98 Å². The molecule has 0 spiro atoms. The van der Waals surface area contributed by atoms with Crippen molar-refractivity contribution >= 4 is 44.6 Å². The molecule has 0 aliphatic heterocycles. The molecule has 1 N–H and O–H groups in total. The molecule has 0 saturated heterocycles. The maximum absolute atomic E-state index is 5.93. The third-order valence-electron chi connectivity index (χ3n) is 2.49. The molecule has 0 aromatic carbocycles. The quantitative estimate of drug-likeness (QED) is 0.797. The van der Waals surface area contributed by atoms with E-state index in [0.717, 1.165) is 20.2 Å². The Morgan fingerprint density at radius 2 is 2.24 bits per heavy atom. The number of hydrogen-bond donors (Lipinski definition) is 1. The molecule has 2 rings (SSSR count). The van der Waals surface area contributed by atoms with Crippen LogP contribution in [0.15, 0.2) is 28.3 Å². The second kappa shape index (κ2) is 5.38. The zero-order valence-electron chi connectivity index (χ0n) is 9.50. The molecule has 0 amide bonds. The van der Waals surface area contributed by atoms with Crippen LogP contribution >= 0.6 is 38.9 Å². The van der Waals surface area contributed by atoms with Crippen LogP contribution in [-0.2, 0) is 0 Å². The van der Waals surface area contributed by atoms with Crippen molar-refractivity contribution in [3.63, 3.8) is 0 Å². The number of aromatic nitrogens is 1. The predicted molar refractivity (Wildman–Crippen MR) is 78.0 cm³/mol. The highest BCUT2D eigenvalue weighted by molar-refractivity contribution is 9.10. The lowest BCUT2D eigenvalue weighted by molar-refractivity contribution is 0.887. The van der Waals surface area contributed by atoms with E-state index in [1.54, 1.807) is 11.3 Å². The third kappa shape index (κ3) is 3.21. The summed E-state index contributed by atoms with van der Waals surface area (Å²) in [5.41, 5.74) is 3.33. The molecule has 0 radical (unpaired) electrons. The number of aryl methyl sites for hydroxylation is 1. The van der Waals surface area contributed by atoms with Gasteiger partial charge in [0.2, 0.25) is 0 Å². The van der Waals surface area contributed by atoms with Gasteiger partial charge < -0.3 is 5.32 Å². The first kappa shape index (κ1) is 12.9. The van der Waals surface area contributed by atoms with Crippen molar-refractivity contribution in [1.82, 2.24) is 4.98 Å². The minimum Gasteiger partial charge on any atom is -0.377 e. The van der Waals surface area contributed by atoms with Gasteiger partial charge in [-0.1, -0.05) is 11.6 Å². The number of thiophene rings is 1. The summed E-state index contributed by atoms with van der Waals surface area (Å²) < 4.78 is 1.70. The largest absolute Gasteiger partial charge is 0.377 e. The molecule has 2 nitrogen and oxygen atoms in total. The molecule has 2 heterocycles. The molecule has 0 fully saturated rings. The van der Waals surface area contributed by atoms with Crippen LogP contribution in [0.4, 0.5) is 5.69 Å². The van der Waals surface area contributed by atoms with Gasteiger partial charge in [-0.3, -0.25) is 0 Å². The first-order valence-electron chi connectivity index (χ1n) is 5.19. The van der Waals surface area contributed by atoms with Crippen molar-refractivity contribution < 1.29 is 0 Å². The van der Waals surface area contributed by atoms with Crippen LogP contribution in [0.1, 0.15) is 24.1 Å². The Balaban J connectivity index is 2.12.